The molecule has 1 saturated heterocycles. The van der Waals surface area contributed by atoms with Gasteiger partial charge in [-0.3, -0.25) is 9.69 Å². The number of aromatic nitrogens is 1. The molecule has 1 amide bonds. The van der Waals surface area contributed by atoms with Crippen molar-refractivity contribution in [1.82, 2.24) is 14.8 Å². The van der Waals surface area contributed by atoms with Gasteiger partial charge < -0.3 is 19.0 Å². The SMILES string of the molecule is COc1ccc(C)cc1S(=O)(=O)Oc1ccc(-c2cc3cc(CN4CCCCC4)ccc3n2C(=O)OC(C)(C)C)c2c1CNC2=O. The lowest BCUT2D eigenvalue weighted by atomic mass is 9.99. The summed E-state index contributed by atoms with van der Waals surface area (Å²) in [4.78, 5) is 29.4. The normalized spacial score (nSPS) is 15.5. The summed E-state index contributed by atoms with van der Waals surface area (Å²) in [6.07, 6.45) is 3.05. The van der Waals surface area contributed by atoms with E-state index in [2.05, 4.69) is 16.3 Å². The van der Waals surface area contributed by atoms with Gasteiger partial charge in [-0.1, -0.05) is 18.6 Å². The fourth-order valence-corrected chi connectivity index (χ4v) is 7.41. The summed E-state index contributed by atoms with van der Waals surface area (Å²) in [7, 11) is -2.93. The van der Waals surface area contributed by atoms with E-state index in [0.29, 0.717) is 22.3 Å². The van der Waals surface area contributed by atoms with E-state index in [1.807, 2.05) is 18.2 Å². The summed E-state index contributed by atoms with van der Waals surface area (Å²) in [5, 5.41) is 3.63. The maximum atomic E-state index is 13.7. The molecule has 6 rings (SSSR count). The van der Waals surface area contributed by atoms with Crippen LogP contribution in [-0.2, 0) is 27.9 Å². The van der Waals surface area contributed by atoms with Crippen molar-refractivity contribution in [2.45, 2.75) is 70.5 Å². The van der Waals surface area contributed by atoms with E-state index in [9.17, 15) is 18.0 Å². The third-order valence-corrected chi connectivity index (χ3v) is 9.54. The Bertz CT molecular complexity index is 1950. The number of hydrogen-bond acceptors (Lipinski definition) is 8. The number of hydrogen-bond donors (Lipinski definition) is 1. The lowest BCUT2D eigenvalue weighted by Gasteiger charge is -2.26. The number of methoxy groups -OCH3 is 1. The predicted molar refractivity (Wildman–Crippen MR) is 175 cm³/mol. The molecule has 4 aromatic rings. The smallest absolute Gasteiger partial charge is 0.419 e. The van der Waals surface area contributed by atoms with Crippen molar-refractivity contribution in [1.29, 1.82) is 0 Å². The number of amides is 1. The summed E-state index contributed by atoms with van der Waals surface area (Å²) in [5.74, 6) is -0.230. The monoisotopic (exact) mass is 645 g/mol. The number of fused-ring (bicyclic) bond motifs is 2. The molecule has 1 aromatic heterocycles. The second-order valence-electron chi connectivity index (χ2n) is 12.9. The molecule has 2 aliphatic heterocycles. The Hall–Kier alpha value is -4.35. The summed E-state index contributed by atoms with van der Waals surface area (Å²) in [5.41, 5.74) is 3.27. The molecular weight excluding hydrogens is 606 g/mol. The van der Waals surface area contributed by atoms with E-state index >= 15 is 0 Å². The number of ether oxygens (including phenoxy) is 2. The molecule has 2 aliphatic rings. The van der Waals surface area contributed by atoms with Crippen molar-refractivity contribution in [2.24, 2.45) is 0 Å². The number of carbonyl (C=O) groups is 2. The molecule has 3 aromatic carbocycles. The van der Waals surface area contributed by atoms with Gasteiger partial charge in [0, 0.05) is 29.6 Å². The van der Waals surface area contributed by atoms with E-state index in [1.165, 1.54) is 43.1 Å². The number of aryl methyl sites for hydroxylation is 1. The zero-order chi connectivity index (χ0) is 32.8. The molecule has 0 aliphatic carbocycles. The Morgan fingerprint density at radius 1 is 0.957 bits per heavy atom. The lowest BCUT2D eigenvalue weighted by Crippen LogP contribution is -2.29. The highest BCUT2D eigenvalue weighted by Gasteiger charge is 2.33. The largest absolute Gasteiger partial charge is 0.495 e. The second-order valence-corrected chi connectivity index (χ2v) is 14.4. The fourth-order valence-electron chi connectivity index (χ4n) is 6.20. The van der Waals surface area contributed by atoms with Crippen molar-refractivity contribution in [3.63, 3.8) is 0 Å². The number of nitrogens with one attached hydrogen (secondary N) is 1. The van der Waals surface area contributed by atoms with Crippen LogP contribution in [0.1, 0.15) is 67.1 Å². The van der Waals surface area contributed by atoms with Crippen molar-refractivity contribution < 1.29 is 31.7 Å². The minimum absolute atomic E-state index is 0.0180. The van der Waals surface area contributed by atoms with Crippen LogP contribution in [0.25, 0.3) is 22.2 Å². The molecule has 0 radical (unpaired) electrons. The summed E-state index contributed by atoms with van der Waals surface area (Å²) in [6, 6.07) is 15.8. The zero-order valence-electron chi connectivity index (χ0n) is 26.8. The maximum absolute atomic E-state index is 13.7. The maximum Gasteiger partial charge on any atom is 0.419 e. The molecule has 0 bridgehead atoms. The number of benzene rings is 3. The summed E-state index contributed by atoms with van der Waals surface area (Å²) in [6.45, 7) is 10.2. The van der Waals surface area contributed by atoms with Crippen LogP contribution in [0.15, 0.2) is 59.5 Å². The minimum Gasteiger partial charge on any atom is -0.495 e. The van der Waals surface area contributed by atoms with Gasteiger partial charge in [0.25, 0.3) is 5.91 Å². The van der Waals surface area contributed by atoms with Crippen LogP contribution < -0.4 is 14.2 Å². The van der Waals surface area contributed by atoms with Crippen LogP contribution in [0.4, 0.5) is 4.79 Å². The van der Waals surface area contributed by atoms with Crippen LogP contribution in [0.2, 0.25) is 0 Å². The molecule has 10 nitrogen and oxygen atoms in total. The Morgan fingerprint density at radius 3 is 2.41 bits per heavy atom. The van der Waals surface area contributed by atoms with Crippen LogP contribution in [0.5, 0.6) is 11.5 Å². The first-order chi connectivity index (χ1) is 21.8. The zero-order valence-corrected chi connectivity index (χ0v) is 27.6. The van der Waals surface area contributed by atoms with Crippen LogP contribution in [-0.4, -0.2) is 55.7 Å². The van der Waals surface area contributed by atoms with E-state index in [1.54, 1.807) is 45.9 Å². The molecular formula is C35H39N3O7S. The van der Waals surface area contributed by atoms with Gasteiger partial charge >= 0.3 is 16.2 Å². The third kappa shape index (κ3) is 6.21. The molecule has 1 N–H and O–H groups in total. The van der Waals surface area contributed by atoms with Gasteiger partial charge in [-0.05, 0) is 107 Å². The van der Waals surface area contributed by atoms with Gasteiger partial charge in [-0.2, -0.15) is 8.42 Å². The summed E-state index contributed by atoms with van der Waals surface area (Å²) < 4.78 is 45.2. The molecule has 11 heteroatoms. The first-order valence-corrected chi connectivity index (χ1v) is 16.9. The van der Waals surface area contributed by atoms with Gasteiger partial charge in [0.15, 0.2) is 0 Å². The van der Waals surface area contributed by atoms with E-state index in [4.69, 9.17) is 13.7 Å². The molecule has 0 atom stereocenters. The summed E-state index contributed by atoms with van der Waals surface area (Å²) >= 11 is 0. The first kappa shape index (κ1) is 31.6. The Labute approximate surface area is 269 Å². The predicted octanol–water partition coefficient (Wildman–Crippen LogP) is 6.41. The number of piperidine rings is 1. The van der Waals surface area contributed by atoms with Crippen LogP contribution in [0.3, 0.4) is 0 Å². The Morgan fingerprint density at radius 2 is 1.70 bits per heavy atom. The number of carbonyl (C=O) groups excluding carboxylic acids is 2. The highest BCUT2D eigenvalue weighted by Crippen LogP contribution is 2.40. The highest BCUT2D eigenvalue weighted by molar-refractivity contribution is 7.87. The topological polar surface area (TPSA) is 116 Å². The van der Waals surface area contributed by atoms with Gasteiger partial charge in [0.05, 0.1) is 23.9 Å². The molecule has 242 valence electrons. The molecule has 3 heterocycles. The highest BCUT2D eigenvalue weighted by atomic mass is 32.2. The molecule has 1 fully saturated rings. The van der Waals surface area contributed by atoms with Crippen LogP contribution in [0, 0.1) is 6.92 Å². The first-order valence-electron chi connectivity index (χ1n) is 15.5. The van der Waals surface area contributed by atoms with E-state index in [0.717, 1.165) is 36.1 Å². The molecule has 0 unspecified atom stereocenters. The number of nitrogens with zero attached hydrogens (tertiary/aromatic N) is 2. The van der Waals surface area contributed by atoms with Gasteiger partial charge in [0.2, 0.25) is 0 Å². The average Bonchev–Trinajstić information content (AvgIpc) is 3.58. The van der Waals surface area contributed by atoms with Gasteiger partial charge in [-0.25, -0.2) is 9.36 Å². The minimum atomic E-state index is -4.32. The standard InChI is InChI=1S/C35H39N3O7S/c1-22-9-13-30(43-5)31(17-22)46(41,42)45-29-14-11-25(32-26(29)20-36-33(32)39)28-19-24-18-23(21-37-15-7-6-8-16-37)10-12-27(24)38(28)34(40)44-35(2,3)4/h9-14,17-19H,6-8,15-16,20-21H2,1-5H3,(H,36,39). The van der Waals surface area contributed by atoms with Crippen molar-refractivity contribution >= 4 is 33.0 Å². The second kappa shape index (κ2) is 12.1. The average molecular weight is 646 g/mol. The van der Waals surface area contributed by atoms with Crippen molar-refractivity contribution in [3.05, 3.63) is 76.9 Å². The third-order valence-electron chi connectivity index (χ3n) is 8.28. The van der Waals surface area contributed by atoms with Crippen molar-refractivity contribution in [2.75, 3.05) is 20.2 Å². The lowest BCUT2D eigenvalue weighted by molar-refractivity contribution is 0.0546. The quantitative estimate of drug-likeness (QED) is 0.230. The number of rotatable bonds is 7. The fraction of sp³-hybridized carbons (Fsp3) is 0.371. The van der Waals surface area contributed by atoms with Crippen molar-refractivity contribution in [3.8, 4) is 22.8 Å². The molecule has 46 heavy (non-hydrogen) atoms. The van der Waals surface area contributed by atoms with E-state index < -0.39 is 27.7 Å². The molecule has 0 spiro atoms. The van der Waals surface area contributed by atoms with Gasteiger partial charge in [0.1, 0.15) is 22.0 Å². The molecule has 0 saturated carbocycles. The Kier molecular flexibility index (Phi) is 8.32. The number of likely N-dealkylation sites (tertiary alicyclic amines) is 1. The van der Waals surface area contributed by atoms with Gasteiger partial charge in [-0.15, -0.1) is 0 Å². The van der Waals surface area contributed by atoms with Crippen LogP contribution >= 0.6 is 0 Å². The Balaban J connectivity index is 1.45. The van der Waals surface area contributed by atoms with E-state index in [-0.39, 0.29) is 28.5 Å².